The molecule has 1 saturated heterocycles. The molecule has 0 atom stereocenters. The van der Waals surface area contributed by atoms with Crippen LogP contribution in [-0.4, -0.2) is 48.5 Å². The molecule has 0 unspecified atom stereocenters. The predicted octanol–water partition coefficient (Wildman–Crippen LogP) is 3.19. The van der Waals surface area contributed by atoms with Crippen LogP contribution in [0.15, 0.2) is 57.8 Å². The molecule has 150 valence electrons. The Morgan fingerprint density at radius 3 is 2.52 bits per heavy atom. The van der Waals surface area contributed by atoms with E-state index in [1.807, 2.05) is 24.3 Å². The summed E-state index contributed by atoms with van der Waals surface area (Å²) < 4.78 is 14.7. The number of nitrogens with one attached hydrogen (secondary N) is 2. The molecule has 29 heavy (non-hydrogen) atoms. The van der Waals surface area contributed by atoms with Crippen molar-refractivity contribution in [1.82, 2.24) is 9.88 Å². The van der Waals surface area contributed by atoms with Gasteiger partial charge in [-0.05, 0) is 42.5 Å². The number of piperazine rings is 1. The molecule has 4 rings (SSSR count). The lowest BCUT2D eigenvalue weighted by Gasteiger charge is -2.36. The molecule has 3 aromatic rings. The third-order valence-corrected chi connectivity index (χ3v) is 5.52. The highest BCUT2D eigenvalue weighted by molar-refractivity contribution is 9.10. The molecule has 1 aliphatic heterocycles. The van der Waals surface area contributed by atoms with Gasteiger partial charge in [-0.25, -0.2) is 4.39 Å². The van der Waals surface area contributed by atoms with Crippen LogP contribution in [0.1, 0.15) is 0 Å². The second-order valence-electron chi connectivity index (χ2n) is 7.03. The summed E-state index contributed by atoms with van der Waals surface area (Å²) in [5.41, 5.74) is 1.89. The predicted molar refractivity (Wildman–Crippen MR) is 116 cm³/mol. The molecule has 1 aromatic heterocycles. The molecular weight excluding hydrogens is 439 g/mol. The summed E-state index contributed by atoms with van der Waals surface area (Å²) >= 11 is 3.37. The Labute approximate surface area is 175 Å². The van der Waals surface area contributed by atoms with Crippen molar-refractivity contribution in [1.29, 1.82) is 0 Å². The fourth-order valence-corrected chi connectivity index (χ4v) is 3.82. The maximum Gasteiger partial charge on any atom is 0.250 e. The van der Waals surface area contributed by atoms with Gasteiger partial charge in [-0.2, -0.15) is 0 Å². The van der Waals surface area contributed by atoms with E-state index in [-0.39, 0.29) is 17.3 Å². The number of hydrogen-bond acceptors (Lipinski definition) is 4. The van der Waals surface area contributed by atoms with Gasteiger partial charge in [0.2, 0.25) is 11.5 Å². The van der Waals surface area contributed by atoms with Gasteiger partial charge in [0.15, 0.2) is 0 Å². The number of amides is 1. The first kappa shape index (κ1) is 19.6. The van der Waals surface area contributed by atoms with Crippen molar-refractivity contribution in [2.24, 2.45) is 0 Å². The van der Waals surface area contributed by atoms with E-state index in [4.69, 9.17) is 0 Å². The highest BCUT2D eigenvalue weighted by atomic mass is 79.9. The van der Waals surface area contributed by atoms with Crippen LogP contribution < -0.4 is 15.8 Å². The molecule has 0 saturated carbocycles. The molecule has 2 aromatic carbocycles. The SMILES string of the molecule is O=C(CN1CCN(c2cc(=O)[nH]c3ccc(F)cc23)CC1)Nc1ccc(Br)cc1. The summed E-state index contributed by atoms with van der Waals surface area (Å²) in [6.07, 6.45) is 0. The zero-order valence-electron chi connectivity index (χ0n) is 15.6. The average Bonchev–Trinajstić information content (AvgIpc) is 2.70. The van der Waals surface area contributed by atoms with Crippen LogP contribution in [0.2, 0.25) is 0 Å². The van der Waals surface area contributed by atoms with Gasteiger partial charge in [0.05, 0.1) is 17.7 Å². The number of nitrogens with zero attached hydrogens (tertiary/aromatic N) is 2. The zero-order valence-corrected chi connectivity index (χ0v) is 17.2. The van der Waals surface area contributed by atoms with E-state index in [0.29, 0.717) is 43.6 Å². The number of anilines is 2. The Morgan fingerprint density at radius 1 is 1.07 bits per heavy atom. The highest BCUT2D eigenvalue weighted by Gasteiger charge is 2.21. The van der Waals surface area contributed by atoms with Crippen molar-refractivity contribution >= 4 is 44.1 Å². The number of halogens is 2. The summed E-state index contributed by atoms with van der Waals surface area (Å²) in [6.45, 7) is 2.96. The van der Waals surface area contributed by atoms with E-state index < -0.39 is 0 Å². The van der Waals surface area contributed by atoms with Gasteiger partial charge < -0.3 is 15.2 Å². The Hall–Kier alpha value is -2.71. The number of benzene rings is 2. The molecule has 0 spiro atoms. The van der Waals surface area contributed by atoms with Crippen LogP contribution in [0.5, 0.6) is 0 Å². The second-order valence-corrected chi connectivity index (χ2v) is 7.94. The van der Waals surface area contributed by atoms with Crippen LogP contribution in [-0.2, 0) is 4.79 Å². The lowest BCUT2D eigenvalue weighted by molar-refractivity contribution is -0.117. The number of H-pyrrole nitrogens is 1. The zero-order chi connectivity index (χ0) is 20.4. The monoisotopic (exact) mass is 458 g/mol. The lowest BCUT2D eigenvalue weighted by atomic mass is 10.1. The van der Waals surface area contributed by atoms with Crippen molar-refractivity contribution in [3.63, 3.8) is 0 Å². The molecule has 0 bridgehead atoms. The molecule has 1 aliphatic rings. The second kappa shape index (κ2) is 8.34. The minimum atomic E-state index is -0.339. The molecule has 2 heterocycles. The van der Waals surface area contributed by atoms with Gasteiger partial charge in [-0.15, -0.1) is 0 Å². The van der Waals surface area contributed by atoms with E-state index in [1.165, 1.54) is 18.2 Å². The lowest BCUT2D eigenvalue weighted by Crippen LogP contribution is -2.49. The van der Waals surface area contributed by atoms with Crippen LogP contribution >= 0.6 is 15.9 Å². The normalized spacial score (nSPS) is 14.9. The van der Waals surface area contributed by atoms with Crippen LogP contribution in [0, 0.1) is 5.82 Å². The first-order chi connectivity index (χ1) is 14.0. The minimum Gasteiger partial charge on any atom is -0.368 e. The average molecular weight is 459 g/mol. The third kappa shape index (κ3) is 4.65. The highest BCUT2D eigenvalue weighted by Crippen LogP contribution is 2.25. The number of fused-ring (bicyclic) bond motifs is 1. The number of carbonyl (C=O) groups excluding carboxylic acids is 1. The summed E-state index contributed by atoms with van der Waals surface area (Å²) in [4.78, 5) is 31.2. The molecule has 6 nitrogen and oxygen atoms in total. The molecule has 0 aliphatic carbocycles. The third-order valence-electron chi connectivity index (χ3n) is 4.99. The first-order valence-electron chi connectivity index (χ1n) is 9.33. The van der Waals surface area contributed by atoms with Crippen LogP contribution in [0.3, 0.4) is 0 Å². The number of pyridine rings is 1. The minimum absolute atomic E-state index is 0.0653. The Kier molecular flexibility index (Phi) is 5.64. The largest absolute Gasteiger partial charge is 0.368 e. The topological polar surface area (TPSA) is 68.4 Å². The molecule has 8 heteroatoms. The van der Waals surface area contributed by atoms with Crippen LogP contribution in [0.4, 0.5) is 15.8 Å². The Bertz CT molecular complexity index is 1090. The van der Waals surface area contributed by atoms with Crippen molar-refractivity contribution in [3.05, 3.63) is 69.2 Å². The fraction of sp³-hybridized carbons (Fsp3) is 0.238. The van der Waals surface area contributed by atoms with E-state index in [9.17, 15) is 14.0 Å². The van der Waals surface area contributed by atoms with Gasteiger partial charge in [-0.3, -0.25) is 14.5 Å². The summed E-state index contributed by atoms with van der Waals surface area (Å²) in [5.74, 6) is -0.404. The number of aromatic nitrogens is 1. The maximum atomic E-state index is 13.7. The molecule has 0 radical (unpaired) electrons. The summed E-state index contributed by atoms with van der Waals surface area (Å²) in [6, 6.07) is 13.3. The molecular formula is C21H20BrFN4O2. The fourth-order valence-electron chi connectivity index (χ4n) is 3.55. The van der Waals surface area contributed by atoms with Crippen molar-refractivity contribution in [3.8, 4) is 0 Å². The molecule has 1 fully saturated rings. The van der Waals surface area contributed by atoms with Crippen molar-refractivity contribution in [2.75, 3.05) is 42.9 Å². The standard InChI is InChI=1S/C21H20BrFN4O2/c22-14-1-4-16(5-2-14)24-21(29)13-26-7-9-27(10-8-26)19-12-20(28)25-18-6-3-15(23)11-17(18)19/h1-6,11-12H,7-10,13H2,(H,24,29)(H,25,28). The number of aromatic amines is 1. The van der Waals surface area contributed by atoms with Crippen molar-refractivity contribution in [2.45, 2.75) is 0 Å². The van der Waals surface area contributed by atoms with E-state index in [2.05, 4.69) is 36.0 Å². The maximum absolute atomic E-state index is 13.7. The first-order valence-corrected chi connectivity index (χ1v) is 10.1. The Balaban J connectivity index is 1.40. The quantitative estimate of drug-likeness (QED) is 0.629. The van der Waals surface area contributed by atoms with Gasteiger partial charge in [0, 0.05) is 47.8 Å². The van der Waals surface area contributed by atoms with Gasteiger partial charge in [-0.1, -0.05) is 15.9 Å². The number of hydrogen-bond donors (Lipinski definition) is 2. The van der Waals surface area contributed by atoms with E-state index >= 15 is 0 Å². The smallest absolute Gasteiger partial charge is 0.250 e. The number of carbonyl (C=O) groups is 1. The Morgan fingerprint density at radius 2 is 1.79 bits per heavy atom. The van der Waals surface area contributed by atoms with Gasteiger partial charge in [0.1, 0.15) is 5.82 Å². The van der Waals surface area contributed by atoms with Gasteiger partial charge in [0.25, 0.3) is 0 Å². The van der Waals surface area contributed by atoms with Crippen LogP contribution in [0.25, 0.3) is 10.9 Å². The summed E-state index contributed by atoms with van der Waals surface area (Å²) in [7, 11) is 0. The van der Waals surface area contributed by atoms with Gasteiger partial charge >= 0.3 is 0 Å². The number of rotatable bonds is 4. The molecule has 1 amide bonds. The van der Waals surface area contributed by atoms with E-state index in [0.717, 1.165) is 15.8 Å². The molecule has 2 N–H and O–H groups in total. The van der Waals surface area contributed by atoms with Crippen molar-refractivity contribution < 1.29 is 9.18 Å². The summed E-state index contributed by atoms with van der Waals surface area (Å²) in [5, 5.41) is 3.58. The van der Waals surface area contributed by atoms with E-state index in [1.54, 1.807) is 6.07 Å².